The minimum atomic E-state index is -0.644. The van der Waals surface area contributed by atoms with Crippen molar-refractivity contribution in [3.8, 4) is 0 Å². The van der Waals surface area contributed by atoms with E-state index in [9.17, 15) is 18.8 Å². The minimum absolute atomic E-state index is 0.123. The summed E-state index contributed by atoms with van der Waals surface area (Å²) in [6.07, 6.45) is -0.123. The molecule has 0 saturated carbocycles. The van der Waals surface area contributed by atoms with Gasteiger partial charge in [0.05, 0.1) is 13.0 Å². The Morgan fingerprint density at radius 3 is 2.62 bits per heavy atom. The van der Waals surface area contributed by atoms with E-state index >= 15 is 0 Å². The number of rotatable bonds is 6. The average Bonchev–Trinajstić information content (AvgIpc) is 2.42. The second-order valence-electron chi connectivity index (χ2n) is 4.53. The lowest BCUT2D eigenvalue weighted by molar-refractivity contribution is -0.148. The molecule has 0 aliphatic carbocycles. The van der Waals surface area contributed by atoms with E-state index in [1.165, 1.54) is 23.1 Å². The van der Waals surface area contributed by atoms with Gasteiger partial charge < -0.3 is 15.0 Å². The molecule has 0 atom stereocenters. The lowest BCUT2D eigenvalue weighted by atomic mass is 10.1. The van der Waals surface area contributed by atoms with Gasteiger partial charge in [0.15, 0.2) is 6.61 Å². The van der Waals surface area contributed by atoms with Crippen LogP contribution in [-0.2, 0) is 25.5 Å². The minimum Gasteiger partial charge on any atom is -0.455 e. The molecule has 2 amide bonds. The van der Waals surface area contributed by atoms with E-state index in [1.54, 1.807) is 20.2 Å². The topological polar surface area (TPSA) is 75.7 Å². The van der Waals surface area contributed by atoms with Crippen LogP contribution in [-0.4, -0.2) is 49.9 Å². The van der Waals surface area contributed by atoms with Crippen LogP contribution in [0, 0.1) is 5.82 Å². The van der Waals surface area contributed by atoms with Crippen LogP contribution in [0.1, 0.15) is 5.56 Å². The van der Waals surface area contributed by atoms with Crippen molar-refractivity contribution in [3.63, 3.8) is 0 Å². The van der Waals surface area contributed by atoms with Gasteiger partial charge in [-0.2, -0.15) is 0 Å². The first-order chi connectivity index (χ1) is 9.88. The number of carbonyl (C=O) groups is 3. The SMILES string of the molecule is CN(C)C(=O)CNC(=O)COC(=O)Cc1cccc(F)c1. The van der Waals surface area contributed by atoms with Crippen LogP contribution in [0.3, 0.4) is 0 Å². The molecular weight excluding hydrogens is 279 g/mol. The number of benzene rings is 1. The number of ether oxygens (including phenoxy) is 1. The summed E-state index contributed by atoms with van der Waals surface area (Å²) in [4.78, 5) is 35.4. The fraction of sp³-hybridized carbons (Fsp3) is 0.357. The van der Waals surface area contributed by atoms with E-state index < -0.39 is 24.3 Å². The zero-order chi connectivity index (χ0) is 15.8. The van der Waals surface area contributed by atoms with Crippen LogP contribution < -0.4 is 5.32 Å². The Morgan fingerprint density at radius 2 is 2.00 bits per heavy atom. The first-order valence-electron chi connectivity index (χ1n) is 6.25. The largest absolute Gasteiger partial charge is 0.455 e. The summed E-state index contributed by atoms with van der Waals surface area (Å²) in [7, 11) is 3.13. The van der Waals surface area contributed by atoms with E-state index in [-0.39, 0.29) is 18.9 Å². The standard InChI is InChI=1S/C14H17FN2O4/c1-17(2)13(19)8-16-12(18)9-21-14(20)7-10-4-3-5-11(15)6-10/h3-6H,7-9H2,1-2H3,(H,16,18). The number of amides is 2. The highest BCUT2D eigenvalue weighted by Crippen LogP contribution is 2.04. The number of hydrogen-bond donors (Lipinski definition) is 1. The van der Waals surface area contributed by atoms with E-state index in [0.29, 0.717) is 5.56 Å². The monoisotopic (exact) mass is 296 g/mol. The summed E-state index contributed by atoms with van der Waals surface area (Å²) in [5.74, 6) is -1.93. The molecule has 7 heteroatoms. The summed E-state index contributed by atoms with van der Waals surface area (Å²) in [5.41, 5.74) is 0.461. The van der Waals surface area contributed by atoms with Crippen LogP contribution in [0.4, 0.5) is 4.39 Å². The van der Waals surface area contributed by atoms with Crippen LogP contribution in [0.5, 0.6) is 0 Å². The van der Waals surface area contributed by atoms with Gasteiger partial charge in [-0.3, -0.25) is 14.4 Å². The molecule has 0 bridgehead atoms. The fourth-order valence-corrected chi connectivity index (χ4v) is 1.39. The highest BCUT2D eigenvalue weighted by molar-refractivity contribution is 5.86. The molecule has 1 rings (SSSR count). The van der Waals surface area contributed by atoms with E-state index in [0.717, 1.165) is 0 Å². The molecule has 21 heavy (non-hydrogen) atoms. The van der Waals surface area contributed by atoms with Crippen molar-refractivity contribution in [1.29, 1.82) is 0 Å². The molecule has 6 nitrogen and oxygen atoms in total. The molecule has 0 heterocycles. The van der Waals surface area contributed by atoms with Gasteiger partial charge in [0.2, 0.25) is 5.91 Å². The zero-order valence-corrected chi connectivity index (χ0v) is 11.9. The fourth-order valence-electron chi connectivity index (χ4n) is 1.39. The predicted octanol–water partition coefficient (Wildman–Crippen LogP) is 0.116. The van der Waals surface area contributed by atoms with Crippen molar-refractivity contribution in [2.24, 2.45) is 0 Å². The molecule has 1 aromatic carbocycles. The first kappa shape index (κ1) is 16.6. The molecule has 0 radical (unpaired) electrons. The Bertz CT molecular complexity index is 531. The zero-order valence-electron chi connectivity index (χ0n) is 11.9. The Hall–Kier alpha value is -2.44. The van der Waals surface area contributed by atoms with Crippen LogP contribution in [0.25, 0.3) is 0 Å². The van der Waals surface area contributed by atoms with Gasteiger partial charge in [-0.05, 0) is 17.7 Å². The number of halogens is 1. The lowest BCUT2D eigenvalue weighted by Crippen LogP contribution is -2.38. The number of nitrogens with zero attached hydrogens (tertiary/aromatic N) is 1. The second-order valence-corrected chi connectivity index (χ2v) is 4.53. The van der Waals surface area contributed by atoms with E-state index in [4.69, 9.17) is 4.74 Å². The smallest absolute Gasteiger partial charge is 0.310 e. The number of esters is 1. The summed E-state index contributed by atoms with van der Waals surface area (Å²) in [6.45, 7) is -0.637. The van der Waals surface area contributed by atoms with Crippen molar-refractivity contribution < 1.29 is 23.5 Å². The van der Waals surface area contributed by atoms with Crippen molar-refractivity contribution in [2.75, 3.05) is 27.2 Å². The summed E-state index contributed by atoms with van der Waals surface area (Å²) in [6, 6.07) is 5.55. The molecule has 0 saturated heterocycles. The van der Waals surface area contributed by atoms with Gasteiger partial charge in [-0.15, -0.1) is 0 Å². The Morgan fingerprint density at radius 1 is 1.29 bits per heavy atom. The Balaban J connectivity index is 2.29. The van der Waals surface area contributed by atoms with Gasteiger partial charge in [0.25, 0.3) is 5.91 Å². The lowest BCUT2D eigenvalue weighted by Gasteiger charge is -2.11. The average molecular weight is 296 g/mol. The van der Waals surface area contributed by atoms with Crippen molar-refractivity contribution >= 4 is 17.8 Å². The van der Waals surface area contributed by atoms with Gasteiger partial charge in [0.1, 0.15) is 5.82 Å². The van der Waals surface area contributed by atoms with Gasteiger partial charge in [-0.1, -0.05) is 12.1 Å². The van der Waals surface area contributed by atoms with Gasteiger partial charge in [-0.25, -0.2) is 4.39 Å². The molecular formula is C14H17FN2O4. The second kappa shape index (κ2) is 7.98. The Kier molecular flexibility index (Phi) is 6.32. The van der Waals surface area contributed by atoms with Crippen molar-refractivity contribution in [2.45, 2.75) is 6.42 Å². The van der Waals surface area contributed by atoms with E-state index in [1.807, 2.05) is 0 Å². The van der Waals surface area contributed by atoms with Crippen molar-refractivity contribution in [1.82, 2.24) is 10.2 Å². The molecule has 0 aliphatic heterocycles. The normalized spacial score (nSPS) is 9.86. The molecule has 0 unspecified atom stereocenters. The highest BCUT2D eigenvalue weighted by atomic mass is 19.1. The number of nitrogens with one attached hydrogen (secondary N) is 1. The number of likely N-dealkylation sites (N-methyl/N-ethyl adjacent to an activating group) is 1. The number of carbonyl (C=O) groups excluding carboxylic acids is 3. The third kappa shape index (κ3) is 6.51. The molecule has 0 spiro atoms. The third-order valence-corrected chi connectivity index (χ3v) is 2.54. The quantitative estimate of drug-likeness (QED) is 0.756. The first-order valence-corrected chi connectivity index (χ1v) is 6.25. The highest BCUT2D eigenvalue weighted by Gasteiger charge is 2.10. The summed E-state index contributed by atoms with van der Waals surface area (Å²) in [5, 5.41) is 2.32. The molecule has 0 fully saturated rings. The maximum Gasteiger partial charge on any atom is 0.310 e. The summed E-state index contributed by atoms with van der Waals surface area (Å²) < 4.78 is 17.7. The van der Waals surface area contributed by atoms with E-state index in [2.05, 4.69) is 5.32 Å². The molecule has 1 aromatic rings. The molecule has 1 N–H and O–H groups in total. The summed E-state index contributed by atoms with van der Waals surface area (Å²) >= 11 is 0. The van der Waals surface area contributed by atoms with Crippen LogP contribution >= 0.6 is 0 Å². The maximum atomic E-state index is 12.9. The van der Waals surface area contributed by atoms with Crippen LogP contribution in [0.2, 0.25) is 0 Å². The van der Waals surface area contributed by atoms with Crippen molar-refractivity contribution in [3.05, 3.63) is 35.6 Å². The van der Waals surface area contributed by atoms with Gasteiger partial charge in [0, 0.05) is 14.1 Å². The van der Waals surface area contributed by atoms with Crippen LogP contribution in [0.15, 0.2) is 24.3 Å². The molecule has 0 aromatic heterocycles. The maximum absolute atomic E-state index is 12.9. The molecule has 114 valence electrons. The molecule has 0 aliphatic rings. The third-order valence-electron chi connectivity index (χ3n) is 2.54. The van der Waals surface area contributed by atoms with Gasteiger partial charge >= 0.3 is 5.97 Å². The predicted molar refractivity (Wildman–Crippen MR) is 72.8 cm³/mol. The Labute approximate surface area is 121 Å². The number of hydrogen-bond acceptors (Lipinski definition) is 4.